The van der Waals surface area contributed by atoms with Crippen molar-refractivity contribution >= 4 is 11.8 Å². The first kappa shape index (κ1) is 29.8. The van der Waals surface area contributed by atoms with Crippen LogP contribution in [0.3, 0.4) is 0 Å². The van der Waals surface area contributed by atoms with Gasteiger partial charge in [0.1, 0.15) is 11.6 Å². The fraction of sp³-hybridized carbons (Fsp3) is 0.515. The average molecular weight is 545 g/mol. The van der Waals surface area contributed by atoms with Crippen LogP contribution in [0.25, 0.3) is 0 Å². The number of aliphatic hydroxyl groups excluding tert-OH is 1. The number of nitrogens with one attached hydrogen (secondary N) is 2. The molecule has 2 aromatic rings. The maximum atomic E-state index is 13.6. The third kappa shape index (κ3) is 6.75. The van der Waals surface area contributed by atoms with Crippen molar-refractivity contribution in [2.24, 2.45) is 0 Å². The zero-order valence-corrected chi connectivity index (χ0v) is 24.1. The number of amides is 2. The molecule has 214 valence electrons. The fourth-order valence-corrected chi connectivity index (χ4v) is 6.12. The summed E-state index contributed by atoms with van der Waals surface area (Å²) in [5.74, 6) is 2.88. The van der Waals surface area contributed by atoms with Gasteiger partial charge in [0.2, 0.25) is 11.8 Å². The minimum absolute atomic E-state index is 0.00616. The normalized spacial score (nSPS) is 21.5. The van der Waals surface area contributed by atoms with Crippen LogP contribution < -0.4 is 10.6 Å². The minimum Gasteiger partial charge on any atom is -0.390 e. The van der Waals surface area contributed by atoms with Gasteiger partial charge >= 0.3 is 0 Å². The molecule has 4 atom stereocenters. The number of hydrogen-bond donors (Lipinski definition) is 3. The highest BCUT2D eigenvalue weighted by Crippen LogP contribution is 2.39. The van der Waals surface area contributed by atoms with E-state index in [1.807, 2.05) is 30.3 Å². The number of terminal acetylenes is 1. The zero-order valence-electron chi connectivity index (χ0n) is 24.1. The predicted molar refractivity (Wildman–Crippen MR) is 158 cm³/mol. The molecule has 0 radical (unpaired) electrons. The molecule has 2 fully saturated rings. The summed E-state index contributed by atoms with van der Waals surface area (Å²) in [5, 5.41) is 17.7. The quantitative estimate of drug-likeness (QED) is 0.358. The van der Waals surface area contributed by atoms with Crippen molar-refractivity contribution < 1.29 is 14.7 Å². The Hall–Kier alpha value is -3.18. The smallest absolute Gasteiger partial charge is 0.243 e. The third-order valence-corrected chi connectivity index (χ3v) is 8.57. The Morgan fingerprint density at radius 2 is 1.82 bits per heavy atom. The Balaban J connectivity index is 1.40. The van der Waals surface area contributed by atoms with Gasteiger partial charge in [-0.3, -0.25) is 14.5 Å². The number of aliphatic hydroxyl groups is 1. The zero-order chi connectivity index (χ0) is 28.7. The molecule has 0 unspecified atom stereocenters. The summed E-state index contributed by atoms with van der Waals surface area (Å²) in [6.07, 6.45) is 7.64. The molecule has 2 amide bonds. The van der Waals surface area contributed by atoms with Gasteiger partial charge in [0.25, 0.3) is 0 Å². The van der Waals surface area contributed by atoms with Crippen molar-refractivity contribution in [3.8, 4) is 12.3 Å². The maximum Gasteiger partial charge on any atom is 0.243 e. The second kappa shape index (κ2) is 13.5. The van der Waals surface area contributed by atoms with E-state index in [0.29, 0.717) is 44.9 Å². The van der Waals surface area contributed by atoms with E-state index in [1.54, 1.807) is 11.8 Å². The highest BCUT2D eigenvalue weighted by atomic mass is 16.3. The molecular formula is C33H44N4O3. The monoisotopic (exact) mass is 544 g/mol. The summed E-state index contributed by atoms with van der Waals surface area (Å²) < 4.78 is 0. The van der Waals surface area contributed by atoms with Gasteiger partial charge in [0, 0.05) is 26.2 Å². The Morgan fingerprint density at radius 1 is 1.07 bits per heavy atom. The maximum absolute atomic E-state index is 13.6. The second-order valence-electron chi connectivity index (χ2n) is 11.6. The molecule has 1 spiro atoms. The van der Waals surface area contributed by atoms with Crippen LogP contribution in [0.15, 0.2) is 54.6 Å². The third-order valence-electron chi connectivity index (χ3n) is 8.57. The van der Waals surface area contributed by atoms with Gasteiger partial charge < -0.3 is 20.6 Å². The van der Waals surface area contributed by atoms with Crippen LogP contribution >= 0.6 is 0 Å². The van der Waals surface area contributed by atoms with Gasteiger partial charge in [-0.2, -0.15) is 0 Å². The molecule has 0 aromatic heterocycles. The van der Waals surface area contributed by atoms with E-state index in [0.717, 1.165) is 30.5 Å². The summed E-state index contributed by atoms with van der Waals surface area (Å²) in [6, 6.07) is 17.1. The number of hydrogen-bond acceptors (Lipinski definition) is 5. The molecule has 0 bridgehead atoms. The molecule has 2 heterocycles. The van der Waals surface area contributed by atoms with E-state index in [-0.39, 0.29) is 11.8 Å². The van der Waals surface area contributed by atoms with Gasteiger partial charge in [-0.05, 0) is 55.2 Å². The van der Waals surface area contributed by atoms with E-state index < -0.39 is 23.7 Å². The standard InChI is InChI=1S/C33H44N4O3/c1-5-17-36-18-10-15-33(36)16-19-37(32(33)40)25(4)31(39)35-29(21-26-11-7-6-8-12-26)30(38)23-34-22-27-13-9-14-28(20-27)24(2)3/h1,6-9,11-14,20,24-25,29-30,34,38H,10,15-19,21-23H2,2-4H3,(H,35,39)/t25-,29-,30+,33-/m0/s1. The molecule has 3 N–H and O–H groups in total. The first-order chi connectivity index (χ1) is 19.2. The van der Waals surface area contributed by atoms with E-state index in [4.69, 9.17) is 6.42 Å². The molecular weight excluding hydrogens is 500 g/mol. The van der Waals surface area contributed by atoms with Gasteiger partial charge in [-0.25, -0.2) is 0 Å². The van der Waals surface area contributed by atoms with E-state index in [2.05, 4.69) is 59.6 Å². The number of carbonyl (C=O) groups is 2. The van der Waals surface area contributed by atoms with Crippen molar-refractivity contribution in [3.05, 3.63) is 71.3 Å². The number of nitrogens with zero attached hydrogens (tertiary/aromatic N) is 2. The summed E-state index contributed by atoms with van der Waals surface area (Å²) in [5.41, 5.74) is 2.88. The van der Waals surface area contributed by atoms with Crippen LogP contribution in [-0.2, 0) is 22.6 Å². The van der Waals surface area contributed by atoms with Crippen molar-refractivity contribution in [2.45, 2.75) is 82.6 Å². The summed E-state index contributed by atoms with van der Waals surface area (Å²) in [4.78, 5) is 30.9. The number of carbonyl (C=O) groups excluding carboxylic acids is 2. The molecule has 2 aliphatic rings. The van der Waals surface area contributed by atoms with E-state index in [9.17, 15) is 14.7 Å². The van der Waals surface area contributed by atoms with Crippen molar-refractivity contribution in [1.82, 2.24) is 20.4 Å². The lowest BCUT2D eigenvalue weighted by Crippen LogP contribution is -2.56. The first-order valence-corrected chi connectivity index (χ1v) is 14.6. The van der Waals surface area contributed by atoms with Crippen molar-refractivity contribution in [3.63, 3.8) is 0 Å². The number of likely N-dealkylation sites (tertiary alicyclic amines) is 2. The molecule has 0 aliphatic carbocycles. The molecule has 7 heteroatoms. The van der Waals surface area contributed by atoms with Crippen LogP contribution in [0.2, 0.25) is 0 Å². The summed E-state index contributed by atoms with van der Waals surface area (Å²) in [7, 11) is 0. The molecule has 2 aliphatic heterocycles. The van der Waals surface area contributed by atoms with Crippen LogP contribution in [0, 0.1) is 12.3 Å². The number of rotatable bonds is 12. The average Bonchev–Trinajstić information content (AvgIpc) is 3.51. The lowest BCUT2D eigenvalue weighted by Gasteiger charge is -2.34. The van der Waals surface area contributed by atoms with E-state index in [1.165, 1.54) is 5.56 Å². The SMILES string of the molecule is C#CCN1CCC[C@@]12CCN([C@@H](C)C(=O)N[C@@H](Cc1ccccc1)[C@H](O)CNCc1cccc(C(C)C)c1)C2=O. The van der Waals surface area contributed by atoms with E-state index >= 15 is 0 Å². The summed E-state index contributed by atoms with van der Waals surface area (Å²) >= 11 is 0. The topological polar surface area (TPSA) is 84.9 Å². The Bertz CT molecular complexity index is 1190. The lowest BCUT2D eigenvalue weighted by atomic mass is 9.94. The fourth-order valence-electron chi connectivity index (χ4n) is 6.12. The Morgan fingerprint density at radius 3 is 2.55 bits per heavy atom. The first-order valence-electron chi connectivity index (χ1n) is 14.6. The molecule has 4 rings (SSSR count). The number of benzene rings is 2. The summed E-state index contributed by atoms with van der Waals surface area (Å²) in [6.45, 7) is 8.85. The van der Waals surface area contributed by atoms with Crippen molar-refractivity contribution in [1.29, 1.82) is 0 Å². The Kier molecular flexibility index (Phi) is 10.0. The van der Waals surface area contributed by atoms with Crippen LogP contribution in [0.5, 0.6) is 0 Å². The van der Waals surface area contributed by atoms with Gasteiger partial charge in [-0.15, -0.1) is 6.42 Å². The van der Waals surface area contributed by atoms with Crippen LogP contribution in [0.4, 0.5) is 0 Å². The largest absolute Gasteiger partial charge is 0.390 e. The van der Waals surface area contributed by atoms with Gasteiger partial charge in [0.05, 0.1) is 18.7 Å². The second-order valence-corrected chi connectivity index (χ2v) is 11.6. The molecule has 2 saturated heterocycles. The lowest BCUT2D eigenvalue weighted by molar-refractivity contribution is -0.143. The predicted octanol–water partition coefficient (Wildman–Crippen LogP) is 3.08. The van der Waals surface area contributed by atoms with Gasteiger partial charge in [-0.1, -0.05) is 74.4 Å². The van der Waals surface area contributed by atoms with Crippen LogP contribution in [-0.4, -0.2) is 76.6 Å². The molecule has 7 nitrogen and oxygen atoms in total. The molecule has 40 heavy (non-hydrogen) atoms. The van der Waals surface area contributed by atoms with Gasteiger partial charge in [0.15, 0.2) is 0 Å². The van der Waals surface area contributed by atoms with Crippen LogP contribution in [0.1, 0.15) is 62.6 Å². The highest BCUT2D eigenvalue weighted by molar-refractivity contribution is 5.94. The minimum atomic E-state index is -0.814. The molecule has 0 saturated carbocycles. The Labute approximate surface area is 239 Å². The van der Waals surface area contributed by atoms with Crippen molar-refractivity contribution in [2.75, 3.05) is 26.2 Å². The highest BCUT2D eigenvalue weighted by Gasteiger charge is 2.54. The molecule has 2 aromatic carbocycles.